The Bertz CT molecular complexity index is 579. The molecule has 0 bridgehead atoms. The number of thioether (sulfide) groups is 1. The molecule has 1 saturated carbocycles. The highest BCUT2D eigenvalue weighted by Gasteiger charge is 2.17. The molecule has 2 rings (SSSR count). The highest BCUT2D eigenvalue weighted by molar-refractivity contribution is 7.99. The van der Waals surface area contributed by atoms with Crippen LogP contribution in [0.3, 0.4) is 0 Å². The summed E-state index contributed by atoms with van der Waals surface area (Å²) in [5.74, 6) is 2.06. The molecule has 0 spiro atoms. The van der Waals surface area contributed by atoms with Crippen LogP contribution in [-0.4, -0.2) is 35.7 Å². The summed E-state index contributed by atoms with van der Waals surface area (Å²) in [5.41, 5.74) is 0.641. The Labute approximate surface area is 168 Å². The number of alkyl carbamates (subject to hydrolysis) is 1. The van der Waals surface area contributed by atoms with Gasteiger partial charge in [-0.2, -0.15) is 0 Å². The largest absolute Gasteiger partial charge is 0.444 e. The number of rotatable bonds is 8. The number of aliphatic hydroxyl groups is 1. The number of amides is 1. The minimum Gasteiger partial charge on any atom is -0.444 e. The SMILES string of the molecule is CC(C)(C)OC(=O)NCCC(CO)c1cccc(SCC2CCCCC2)c1. The van der Waals surface area contributed by atoms with Crippen molar-refractivity contribution in [3.05, 3.63) is 29.8 Å². The van der Waals surface area contributed by atoms with E-state index in [0.29, 0.717) is 13.0 Å². The Kier molecular flexibility index (Phi) is 8.97. The van der Waals surface area contributed by atoms with Gasteiger partial charge in [0.05, 0.1) is 0 Å². The number of aliphatic hydroxyl groups excluding tert-OH is 1. The predicted octanol–water partition coefficient (Wildman–Crippen LogP) is 5.35. The van der Waals surface area contributed by atoms with Crippen LogP contribution in [0.1, 0.15) is 70.8 Å². The van der Waals surface area contributed by atoms with E-state index in [-0.39, 0.29) is 12.5 Å². The molecule has 1 amide bonds. The lowest BCUT2D eigenvalue weighted by molar-refractivity contribution is 0.0525. The van der Waals surface area contributed by atoms with Crippen LogP contribution in [0.5, 0.6) is 0 Å². The third kappa shape index (κ3) is 8.56. The third-order valence-electron chi connectivity index (χ3n) is 4.92. The number of hydrogen-bond donors (Lipinski definition) is 2. The monoisotopic (exact) mass is 393 g/mol. The van der Waals surface area contributed by atoms with E-state index in [2.05, 4.69) is 29.6 Å². The zero-order valence-corrected chi connectivity index (χ0v) is 17.8. The summed E-state index contributed by atoms with van der Waals surface area (Å²) in [6, 6.07) is 8.49. The average molecular weight is 394 g/mol. The number of carbonyl (C=O) groups is 1. The predicted molar refractivity (Wildman–Crippen MR) is 112 cm³/mol. The number of benzene rings is 1. The summed E-state index contributed by atoms with van der Waals surface area (Å²) in [5, 5.41) is 12.6. The van der Waals surface area contributed by atoms with Crippen molar-refractivity contribution < 1.29 is 14.6 Å². The van der Waals surface area contributed by atoms with Crippen molar-refractivity contribution in [2.75, 3.05) is 18.9 Å². The van der Waals surface area contributed by atoms with Gasteiger partial charge in [0.1, 0.15) is 5.60 Å². The van der Waals surface area contributed by atoms with Crippen LogP contribution in [-0.2, 0) is 4.74 Å². The van der Waals surface area contributed by atoms with Crippen LogP contribution in [0, 0.1) is 5.92 Å². The smallest absolute Gasteiger partial charge is 0.407 e. The molecule has 4 nitrogen and oxygen atoms in total. The molecular formula is C22H35NO3S. The first-order valence-corrected chi connectivity index (χ1v) is 11.2. The molecule has 0 radical (unpaired) electrons. The molecule has 5 heteroatoms. The quantitative estimate of drug-likeness (QED) is 0.585. The van der Waals surface area contributed by atoms with Gasteiger partial charge in [-0.15, -0.1) is 11.8 Å². The molecule has 0 heterocycles. The van der Waals surface area contributed by atoms with E-state index in [1.165, 1.54) is 42.8 Å². The van der Waals surface area contributed by atoms with Crippen molar-refractivity contribution in [3.8, 4) is 0 Å². The van der Waals surface area contributed by atoms with Crippen LogP contribution in [0.4, 0.5) is 4.79 Å². The molecule has 0 saturated heterocycles. The molecule has 1 aliphatic rings. The van der Waals surface area contributed by atoms with Crippen molar-refractivity contribution >= 4 is 17.9 Å². The van der Waals surface area contributed by atoms with E-state index in [0.717, 1.165) is 11.5 Å². The van der Waals surface area contributed by atoms with Gasteiger partial charge in [-0.1, -0.05) is 31.4 Å². The fourth-order valence-electron chi connectivity index (χ4n) is 3.45. The fourth-order valence-corrected chi connectivity index (χ4v) is 4.61. The standard InChI is InChI=1S/C22H35NO3S/c1-22(2,3)26-21(25)23-13-12-19(15-24)18-10-7-11-20(14-18)27-16-17-8-5-4-6-9-17/h7,10-11,14,17,19,24H,4-6,8-9,12-13,15-16H2,1-3H3,(H,23,25). The molecule has 1 aromatic carbocycles. The van der Waals surface area contributed by atoms with Gasteiger partial charge in [-0.05, 0) is 63.6 Å². The lowest BCUT2D eigenvalue weighted by Gasteiger charge is -2.22. The molecule has 1 atom stereocenters. The maximum Gasteiger partial charge on any atom is 0.407 e. The van der Waals surface area contributed by atoms with E-state index in [1.54, 1.807) is 0 Å². The Morgan fingerprint density at radius 1 is 1.30 bits per heavy atom. The van der Waals surface area contributed by atoms with Gasteiger partial charge in [0.2, 0.25) is 0 Å². The number of nitrogens with one attached hydrogen (secondary N) is 1. The second kappa shape index (κ2) is 11.0. The summed E-state index contributed by atoms with van der Waals surface area (Å²) in [7, 11) is 0. The zero-order valence-electron chi connectivity index (χ0n) is 17.0. The van der Waals surface area contributed by atoms with E-state index in [4.69, 9.17) is 4.74 Å². The minimum atomic E-state index is -0.496. The minimum absolute atomic E-state index is 0.0233. The van der Waals surface area contributed by atoms with Gasteiger partial charge in [-0.3, -0.25) is 0 Å². The lowest BCUT2D eigenvalue weighted by atomic mass is 9.91. The van der Waals surface area contributed by atoms with Crippen LogP contribution in [0.2, 0.25) is 0 Å². The average Bonchev–Trinajstić information content (AvgIpc) is 2.63. The molecular weight excluding hydrogens is 358 g/mol. The summed E-state index contributed by atoms with van der Waals surface area (Å²) in [4.78, 5) is 13.0. The van der Waals surface area contributed by atoms with Gasteiger partial charge in [0, 0.05) is 29.7 Å². The first-order valence-electron chi connectivity index (χ1n) is 10.2. The highest BCUT2D eigenvalue weighted by atomic mass is 32.2. The van der Waals surface area contributed by atoms with E-state index in [1.807, 2.05) is 32.5 Å². The molecule has 0 aromatic heterocycles. The Hall–Kier alpha value is -1.20. The maximum atomic E-state index is 11.8. The second-order valence-electron chi connectivity index (χ2n) is 8.48. The van der Waals surface area contributed by atoms with Gasteiger partial charge >= 0.3 is 6.09 Å². The number of hydrogen-bond acceptors (Lipinski definition) is 4. The van der Waals surface area contributed by atoms with E-state index >= 15 is 0 Å². The van der Waals surface area contributed by atoms with E-state index in [9.17, 15) is 9.90 Å². The van der Waals surface area contributed by atoms with Crippen molar-refractivity contribution in [2.24, 2.45) is 5.92 Å². The first-order chi connectivity index (χ1) is 12.9. The highest BCUT2D eigenvalue weighted by Crippen LogP contribution is 2.31. The number of carbonyl (C=O) groups excluding carboxylic acids is 1. The zero-order chi connectivity index (χ0) is 19.7. The molecule has 1 aliphatic carbocycles. The third-order valence-corrected chi connectivity index (χ3v) is 6.15. The van der Waals surface area contributed by atoms with Crippen molar-refractivity contribution in [2.45, 2.75) is 75.7 Å². The Morgan fingerprint density at radius 3 is 2.70 bits per heavy atom. The van der Waals surface area contributed by atoms with Gasteiger partial charge in [0.15, 0.2) is 0 Å². The first kappa shape index (κ1) is 22.1. The molecule has 2 N–H and O–H groups in total. The summed E-state index contributed by atoms with van der Waals surface area (Å²) in [6.45, 7) is 6.10. The normalized spacial score (nSPS) is 16.7. The molecule has 27 heavy (non-hydrogen) atoms. The summed E-state index contributed by atoms with van der Waals surface area (Å²) >= 11 is 1.93. The summed E-state index contributed by atoms with van der Waals surface area (Å²) in [6.07, 6.45) is 7.16. The van der Waals surface area contributed by atoms with Crippen LogP contribution in [0.25, 0.3) is 0 Å². The van der Waals surface area contributed by atoms with Crippen molar-refractivity contribution in [1.29, 1.82) is 0 Å². The number of ether oxygens (including phenoxy) is 1. The maximum absolute atomic E-state index is 11.8. The molecule has 1 aromatic rings. The van der Waals surface area contributed by atoms with Crippen LogP contribution in [0.15, 0.2) is 29.2 Å². The molecule has 1 unspecified atom stereocenters. The fraction of sp³-hybridized carbons (Fsp3) is 0.682. The topological polar surface area (TPSA) is 58.6 Å². The van der Waals surface area contributed by atoms with Crippen molar-refractivity contribution in [3.63, 3.8) is 0 Å². The Morgan fingerprint density at radius 2 is 2.04 bits per heavy atom. The molecule has 1 fully saturated rings. The molecule has 152 valence electrons. The van der Waals surface area contributed by atoms with E-state index < -0.39 is 11.7 Å². The van der Waals surface area contributed by atoms with Crippen LogP contribution >= 0.6 is 11.8 Å². The van der Waals surface area contributed by atoms with Crippen LogP contribution < -0.4 is 5.32 Å². The van der Waals surface area contributed by atoms with Gasteiger partial charge in [0.25, 0.3) is 0 Å². The van der Waals surface area contributed by atoms with Gasteiger partial charge < -0.3 is 15.2 Å². The second-order valence-corrected chi connectivity index (χ2v) is 9.58. The molecule has 0 aliphatic heterocycles. The Balaban J connectivity index is 1.82. The summed E-state index contributed by atoms with van der Waals surface area (Å²) < 4.78 is 5.25. The lowest BCUT2D eigenvalue weighted by Crippen LogP contribution is -2.33. The van der Waals surface area contributed by atoms with Crippen molar-refractivity contribution in [1.82, 2.24) is 5.32 Å². The van der Waals surface area contributed by atoms with Gasteiger partial charge in [-0.25, -0.2) is 4.79 Å².